The van der Waals surface area contributed by atoms with Gasteiger partial charge in [-0.2, -0.15) is 0 Å². The maximum absolute atomic E-state index is 14.6. The van der Waals surface area contributed by atoms with Gasteiger partial charge in [0, 0.05) is 36.0 Å². The SMILES string of the molecule is COCOC1(c2ncc(-c3c(Cl)cnc4c3cc(-c3ccc(N)c(F)c3)n4S(=O)(=O)c3ccc(C)cc3)s2)CCC1. The number of halogens is 2. The standard InChI is InChI=1S/C29H26ClFN4O4S2/c1-17-4-7-19(8-5-17)41(36,37)35-24(18-6-9-23(32)22(31)12-18)13-20-26(21(30)14-33-27(20)35)25-15-34-28(40-25)29(10-3-11-29)39-16-38-2/h4-9,12-15H,3,10-11,16,32H2,1-2H3. The fourth-order valence-electron chi connectivity index (χ4n) is 4.99. The number of methoxy groups -OCH3 is 1. The minimum Gasteiger partial charge on any atom is -0.396 e. The van der Waals surface area contributed by atoms with Crippen molar-refractivity contribution in [1.82, 2.24) is 13.9 Å². The van der Waals surface area contributed by atoms with Crippen LogP contribution in [0.4, 0.5) is 10.1 Å². The molecule has 1 aliphatic carbocycles. The number of hydrogen-bond acceptors (Lipinski definition) is 8. The van der Waals surface area contributed by atoms with Gasteiger partial charge < -0.3 is 15.2 Å². The van der Waals surface area contributed by atoms with Gasteiger partial charge in [0.1, 0.15) is 23.2 Å². The Balaban J connectivity index is 1.59. The van der Waals surface area contributed by atoms with Crippen LogP contribution in [0.2, 0.25) is 5.02 Å². The molecule has 12 heteroatoms. The van der Waals surface area contributed by atoms with Crippen molar-refractivity contribution in [3.8, 4) is 21.7 Å². The third-order valence-corrected chi connectivity index (χ3v) is 10.6. The summed E-state index contributed by atoms with van der Waals surface area (Å²) >= 11 is 8.15. The van der Waals surface area contributed by atoms with Gasteiger partial charge in [-0.25, -0.2) is 26.7 Å². The van der Waals surface area contributed by atoms with Crippen molar-refractivity contribution < 1.29 is 22.3 Å². The van der Waals surface area contributed by atoms with Crippen LogP contribution in [0, 0.1) is 12.7 Å². The van der Waals surface area contributed by atoms with Crippen LogP contribution in [0.15, 0.2) is 65.8 Å². The van der Waals surface area contributed by atoms with Crippen molar-refractivity contribution in [3.05, 3.63) is 82.3 Å². The van der Waals surface area contributed by atoms with Crippen molar-refractivity contribution >= 4 is 49.7 Å². The molecule has 0 aliphatic heterocycles. The number of thiazole rings is 1. The van der Waals surface area contributed by atoms with Gasteiger partial charge in [0.25, 0.3) is 10.0 Å². The summed E-state index contributed by atoms with van der Waals surface area (Å²) in [6, 6.07) is 12.4. The normalized spacial score (nSPS) is 14.8. The van der Waals surface area contributed by atoms with Crippen LogP contribution in [0.1, 0.15) is 29.8 Å². The van der Waals surface area contributed by atoms with Crippen molar-refractivity contribution in [3.63, 3.8) is 0 Å². The fraction of sp³-hybridized carbons (Fsp3) is 0.241. The van der Waals surface area contributed by atoms with E-state index in [1.54, 1.807) is 37.6 Å². The molecular formula is C29H26ClFN4O4S2. The van der Waals surface area contributed by atoms with Gasteiger partial charge in [0.2, 0.25) is 0 Å². The summed E-state index contributed by atoms with van der Waals surface area (Å²) in [7, 11) is -2.59. The van der Waals surface area contributed by atoms with Crippen LogP contribution in [0.3, 0.4) is 0 Å². The van der Waals surface area contributed by atoms with Crippen LogP contribution in [0.5, 0.6) is 0 Å². The summed E-state index contributed by atoms with van der Waals surface area (Å²) in [5.41, 5.74) is 7.34. The topological polar surface area (TPSA) is 109 Å². The molecule has 0 amide bonds. The lowest BCUT2D eigenvalue weighted by molar-refractivity contribution is -0.171. The molecule has 5 aromatic rings. The third-order valence-electron chi connectivity index (χ3n) is 7.35. The number of anilines is 1. The molecule has 0 radical (unpaired) electrons. The molecule has 212 valence electrons. The predicted octanol–water partition coefficient (Wildman–Crippen LogP) is 6.75. The highest BCUT2D eigenvalue weighted by atomic mass is 35.5. The summed E-state index contributed by atoms with van der Waals surface area (Å²) in [5.74, 6) is -0.660. The zero-order valence-electron chi connectivity index (χ0n) is 22.2. The number of hydrogen-bond donors (Lipinski definition) is 1. The quantitative estimate of drug-likeness (QED) is 0.152. The minimum atomic E-state index is -4.16. The molecule has 1 fully saturated rings. The predicted molar refractivity (Wildman–Crippen MR) is 158 cm³/mol. The van der Waals surface area contributed by atoms with E-state index in [-0.39, 0.29) is 28.7 Å². The molecule has 0 bridgehead atoms. The van der Waals surface area contributed by atoms with E-state index in [2.05, 4.69) is 9.97 Å². The Kier molecular flexibility index (Phi) is 7.11. The number of benzene rings is 2. The summed E-state index contributed by atoms with van der Waals surface area (Å²) in [6.45, 7) is 2.02. The van der Waals surface area contributed by atoms with Crippen molar-refractivity contribution in [2.45, 2.75) is 36.7 Å². The molecule has 2 N–H and O–H groups in total. The largest absolute Gasteiger partial charge is 0.396 e. The van der Waals surface area contributed by atoms with E-state index < -0.39 is 21.4 Å². The van der Waals surface area contributed by atoms with E-state index >= 15 is 0 Å². The van der Waals surface area contributed by atoms with Crippen molar-refractivity contribution in [2.24, 2.45) is 0 Å². The fourth-order valence-corrected chi connectivity index (χ4v) is 7.97. The highest BCUT2D eigenvalue weighted by Gasteiger charge is 2.43. The van der Waals surface area contributed by atoms with Gasteiger partial charge >= 0.3 is 0 Å². The van der Waals surface area contributed by atoms with Gasteiger partial charge in [0.05, 0.1) is 26.2 Å². The summed E-state index contributed by atoms with van der Waals surface area (Å²) < 4.78 is 55.1. The number of nitrogens with zero attached hydrogens (tertiary/aromatic N) is 3. The number of pyridine rings is 1. The average Bonchev–Trinajstić information content (AvgIpc) is 3.56. The second-order valence-electron chi connectivity index (χ2n) is 10.00. The highest BCUT2D eigenvalue weighted by molar-refractivity contribution is 7.90. The molecule has 1 saturated carbocycles. The smallest absolute Gasteiger partial charge is 0.269 e. The zero-order valence-corrected chi connectivity index (χ0v) is 24.6. The molecular weight excluding hydrogens is 587 g/mol. The molecule has 1 aliphatic rings. The van der Waals surface area contributed by atoms with Crippen molar-refractivity contribution in [2.75, 3.05) is 19.6 Å². The van der Waals surface area contributed by atoms with E-state index in [9.17, 15) is 12.8 Å². The minimum absolute atomic E-state index is 0.0440. The van der Waals surface area contributed by atoms with Gasteiger partial charge in [-0.05, 0) is 56.5 Å². The van der Waals surface area contributed by atoms with Crippen LogP contribution in [-0.4, -0.2) is 36.3 Å². The Bertz CT molecular complexity index is 1880. The lowest BCUT2D eigenvalue weighted by Crippen LogP contribution is -2.37. The van der Waals surface area contributed by atoms with Crippen LogP contribution in [0.25, 0.3) is 32.7 Å². The lowest BCUT2D eigenvalue weighted by atomic mass is 9.80. The van der Waals surface area contributed by atoms with Crippen LogP contribution >= 0.6 is 22.9 Å². The number of nitrogens with two attached hydrogens (primary N) is 1. The monoisotopic (exact) mass is 612 g/mol. The van der Waals surface area contributed by atoms with Gasteiger partial charge in [-0.1, -0.05) is 35.4 Å². The Morgan fingerprint density at radius 1 is 1.12 bits per heavy atom. The average molecular weight is 613 g/mol. The lowest BCUT2D eigenvalue weighted by Gasteiger charge is -2.39. The number of fused-ring (bicyclic) bond motifs is 1. The Labute approximate surface area is 245 Å². The molecule has 3 heterocycles. The summed E-state index contributed by atoms with van der Waals surface area (Å²) in [6.07, 6.45) is 5.79. The van der Waals surface area contributed by atoms with Gasteiger partial charge in [-0.3, -0.25) is 0 Å². The van der Waals surface area contributed by atoms with E-state index in [0.29, 0.717) is 21.5 Å². The molecule has 0 unspecified atom stereocenters. The number of aryl methyl sites for hydroxylation is 1. The Hall–Kier alpha value is -3.35. The molecule has 0 atom stereocenters. The van der Waals surface area contributed by atoms with E-state index in [1.165, 1.54) is 41.8 Å². The molecule has 3 aromatic heterocycles. The van der Waals surface area contributed by atoms with Crippen LogP contribution in [-0.2, 0) is 25.1 Å². The second kappa shape index (κ2) is 10.5. The van der Waals surface area contributed by atoms with E-state index in [4.69, 9.17) is 26.8 Å². The van der Waals surface area contributed by atoms with Gasteiger partial charge in [0.15, 0.2) is 5.65 Å². The maximum atomic E-state index is 14.6. The summed E-state index contributed by atoms with van der Waals surface area (Å²) in [4.78, 5) is 9.93. The first-order chi connectivity index (χ1) is 19.6. The third kappa shape index (κ3) is 4.71. The van der Waals surface area contributed by atoms with Crippen molar-refractivity contribution in [1.29, 1.82) is 0 Å². The molecule has 8 nitrogen and oxygen atoms in total. The van der Waals surface area contributed by atoms with E-state index in [1.807, 2.05) is 6.92 Å². The molecule has 0 saturated heterocycles. The van der Waals surface area contributed by atoms with E-state index in [0.717, 1.165) is 38.7 Å². The number of nitrogen functional groups attached to an aromatic ring is 1. The Morgan fingerprint density at radius 2 is 1.88 bits per heavy atom. The van der Waals surface area contributed by atoms with Crippen LogP contribution < -0.4 is 5.73 Å². The zero-order chi connectivity index (χ0) is 28.9. The van der Waals surface area contributed by atoms with Gasteiger partial charge in [-0.15, -0.1) is 11.3 Å². The molecule has 0 spiro atoms. The second-order valence-corrected chi connectivity index (χ2v) is 13.2. The highest BCUT2D eigenvalue weighted by Crippen LogP contribution is 2.49. The number of rotatable bonds is 8. The molecule has 2 aromatic carbocycles. The molecule has 41 heavy (non-hydrogen) atoms. The Morgan fingerprint density at radius 3 is 2.54 bits per heavy atom. The molecule has 6 rings (SSSR count). The maximum Gasteiger partial charge on any atom is 0.269 e. The summed E-state index contributed by atoms with van der Waals surface area (Å²) in [5, 5.41) is 1.61. The first-order valence-electron chi connectivity index (χ1n) is 12.8. The number of aromatic nitrogens is 3. The first-order valence-corrected chi connectivity index (χ1v) is 15.5. The first kappa shape index (κ1) is 27.8. The number of ether oxygens (including phenoxy) is 2.